The summed E-state index contributed by atoms with van der Waals surface area (Å²) in [6, 6.07) is 7.25. The number of ether oxygens (including phenoxy) is 4. The van der Waals surface area contributed by atoms with Crippen molar-refractivity contribution in [2.45, 2.75) is 120 Å². The number of benzene rings is 1. The molecule has 0 fully saturated rings. The maximum atomic E-state index is 13.8. The fourth-order valence-corrected chi connectivity index (χ4v) is 4.55. The Kier molecular flexibility index (Phi) is 16.5. The van der Waals surface area contributed by atoms with Gasteiger partial charge in [-0.3, -0.25) is 0 Å². The molecule has 0 aliphatic rings. The highest BCUT2D eigenvalue weighted by atomic mass is 19.4. The molecule has 1 aromatic heterocycles. The molecule has 21 heteroatoms. The third-order valence-electron chi connectivity index (χ3n) is 7.38. The third-order valence-corrected chi connectivity index (χ3v) is 7.38. The first-order chi connectivity index (χ1) is 24.4. The normalized spacial score (nSPS) is 13.8. The van der Waals surface area contributed by atoms with Gasteiger partial charge in [-0.2, -0.15) is 65.9 Å². The number of alkyl halides is 15. The summed E-state index contributed by atoms with van der Waals surface area (Å²) in [5.74, 6) is -14.5. The van der Waals surface area contributed by atoms with E-state index in [0.717, 1.165) is 56.1 Å². The van der Waals surface area contributed by atoms with Crippen LogP contribution in [0.15, 0.2) is 36.7 Å². The number of unbranched alkanes of at least 4 members (excludes halogenated alkanes) is 8. The van der Waals surface area contributed by atoms with Crippen LogP contribution in [-0.4, -0.2) is 72.2 Å². The van der Waals surface area contributed by atoms with Gasteiger partial charge in [0, 0.05) is 24.6 Å². The summed E-state index contributed by atoms with van der Waals surface area (Å²) >= 11 is 0. The Morgan fingerprint density at radius 3 is 1.74 bits per heavy atom. The second-order valence-corrected chi connectivity index (χ2v) is 11.8. The Morgan fingerprint density at radius 2 is 1.13 bits per heavy atom. The van der Waals surface area contributed by atoms with Gasteiger partial charge in [-0.1, -0.05) is 45.4 Å². The standard InChI is InChI=1S/C32H37F15N2O4/c1-2-3-4-5-6-9-13-22-20-23(25-48-16-12-17-49-25)14-15-24(22)51-19-11-8-7-10-18-50-21-26(33,34)52-31(44,45)32(46,47)53-30(42,43)28(37,38)27(35,36)29(39,40)41/h12,14-17,20H,2-11,13,18-19,21H2,1H3. The Labute approximate surface area is 294 Å². The zero-order valence-corrected chi connectivity index (χ0v) is 28.1. The molecule has 0 amide bonds. The van der Waals surface area contributed by atoms with Crippen molar-refractivity contribution >= 4 is 0 Å². The van der Waals surface area contributed by atoms with Crippen molar-refractivity contribution in [3.8, 4) is 17.1 Å². The quantitative estimate of drug-likeness (QED) is 0.0736. The number of nitrogens with zero attached hydrogens (tertiary/aromatic N) is 2. The molecule has 0 unspecified atom stereocenters. The highest BCUT2D eigenvalue weighted by molar-refractivity contribution is 5.58. The van der Waals surface area contributed by atoms with E-state index >= 15 is 0 Å². The molecule has 53 heavy (non-hydrogen) atoms. The van der Waals surface area contributed by atoms with Crippen molar-refractivity contribution in [3.05, 3.63) is 42.2 Å². The number of rotatable bonds is 25. The van der Waals surface area contributed by atoms with Crippen molar-refractivity contribution in [2.75, 3.05) is 19.8 Å². The topological polar surface area (TPSA) is 62.7 Å². The summed E-state index contributed by atoms with van der Waals surface area (Å²) in [4.78, 5) is 8.52. The van der Waals surface area contributed by atoms with Gasteiger partial charge in [0.2, 0.25) is 0 Å². The van der Waals surface area contributed by atoms with E-state index in [-0.39, 0.29) is 13.0 Å². The zero-order chi connectivity index (χ0) is 40.2. The molecule has 0 saturated carbocycles. The van der Waals surface area contributed by atoms with Crippen LogP contribution in [0.5, 0.6) is 5.75 Å². The predicted octanol–water partition coefficient (Wildman–Crippen LogP) is 11.2. The van der Waals surface area contributed by atoms with Crippen molar-refractivity contribution < 1.29 is 84.8 Å². The number of hydrogen-bond acceptors (Lipinski definition) is 6. The first kappa shape index (κ1) is 46.1. The molecule has 0 N–H and O–H groups in total. The summed E-state index contributed by atoms with van der Waals surface area (Å²) in [5, 5.41) is 0. The summed E-state index contributed by atoms with van der Waals surface area (Å²) in [6.45, 7) is -0.436. The van der Waals surface area contributed by atoms with E-state index in [1.54, 1.807) is 29.3 Å². The van der Waals surface area contributed by atoms with Gasteiger partial charge in [0.25, 0.3) is 0 Å². The molecule has 0 saturated heterocycles. The van der Waals surface area contributed by atoms with Crippen LogP contribution in [0, 0.1) is 0 Å². The van der Waals surface area contributed by atoms with Gasteiger partial charge in [-0.15, -0.1) is 0 Å². The van der Waals surface area contributed by atoms with Gasteiger partial charge in [0.1, 0.15) is 12.4 Å². The van der Waals surface area contributed by atoms with Crippen LogP contribution in [-0.2, 0) is 20.6 Å². The summed E-state index contributed by atoms with van der Waals surface area (Å²) in [5.41, 5.74) is 1.76. The van der Waals surface area contributed by atoms with E-state index in [2.05, 4.69) is 26.4 Å². The maximum absolute atomic E-state index is 13.8. The second-order valence-electron chi connectivity index (χ2n) is 11.8. The lowest BCUT2D eigenvalue weighted by Crippen LogP contribution is -2.64. The van der Waals surface area contributed by atoms with Crippen molar-refractivity contribution in [1.82, 2.24) is 9.97 Å². The van der Waals surface area contributed by atoms with Crippen molar-refractivity contribution in [1.29, 1.82) is 0 Å². The van der Waals surface area contributed by atoms with Crippen LogP contribution in [0.1, 0.15) is 76.7 Å². The lowest BCUT2D eigenvalue weighted by Gasteiger charge is -2.36. The van der Waals surface area contributed by atoms with E-state index < -0.39 is 55.7 Å². The fraction of sp³-hybridized carbons (Fsp3) is 0.688. The molecule has 2 rings (SSSR count). The average molecular weight is 799 g/mol. The molecule has 0 radical (unpaired) electrons. The minimum absolute atomic E-state index is 0.00944. The minimum Gasteiger partial charge on any atom is -0.493 e. The van der Waals surface area contributed by atoms with Gasteiger partial charge in [-0.05, 0) is 61.9 Å². The molecular weight excluding hydrogens is 761 g/mol. The number of aromatic nitrogens is 2. The van der Waals surface area contributed by atoms with Crippen LogP contribution in [0.3, 0.4) is 0 Å². The van der Waals surface area contributed by atoms with Crippen LogP contribution in [0.25, 0.3) is 11.4 Å². The van der Waals surface area contributed by atoms with Gasteiger partial charge in [0.15, 0.2) is 5.82 Å². The van der Waals surface area contributed by atoms with E-state index in [1.165, 1.54) is 0 Å². The van der Waals surface area contributed by atoms with Gasteiger partial charge in [-0.25, -0.2) is 19.4 Å². The Balaban J connectivity index is 1.82. The fourth-order valence-electron chi connectivity index (χ4n) is 4.55. The Morgan fingerprint density at radius 1 is 0.585 bits per heavy atom. The van der Waals surface area contributed by atoms with E-state index in [9.17, 15) is 65.9 Å². The highest BCUT2D eigenvalue weighted by Crippen LogP contribution is 2.56. The molecule has 304 valence electrons. The van der Waals surface area contributed by atoms with Crippen LogP contribution >= 0.6 is 0 Å². The number of hydrogen-bond donors (Lipinski definition) is 0. The van der Waals surface area contributed by atoms with Crippen molar-refractivity contribution in [2.24, 2.45) is 0 Å². The Hall–Kier alpha value is -3.07. The second kappa shape index (κ2) is 19.0. The van der Waals surface area contributed by atoms with E-state index in [0.29, 0.717) is 30.8 Å². The number of halogens is 15. The molecular formula is C32H37F15N2O4. The smallest absolute Gasteiger partial charge is 0.460 e. The maximum Gasteiger partial charge on any atom is 0.460 e. The molecule has 0 aliphatic carbocycles. The lowest BCUT2D eigenvalue weighted by atomic mass is 10.0. The molecule has 6 nitrogen and oxygen atoms in total. The first-order valence-corrected chi connectivity index (χ1v) is 16.3. The summed E-state index contributed by atoms with van der Waals surface area (Å²) in [6.07, 6.45) is -23.2. The monoisotopic (exact) mass is 798 g/mol. The highest BCUT2D eigenvalue weighted by Gasteiger charge is 2.85. The van der Waals surface area contributed by atoms with Crippen LogP contribution < -0.4 is 4.74 Å². The van der Waals surface area contributed by atoms with E-state index in [4.69, 9.17) is 4.74 Å². The molecule has 0 bridgehead atoms. The van der Waals surface area contributed by atoms with E-state index in [1.807, 2.05) is 12.1 Å². The summed E-state index contributed by atoms with van der Waals surface area (Å²) < 4.78 is 211. The molecule has 1 heterocycles. The molecule has 0 atom stereocenters. The van der Waals surface area contributed by atoms with Crippen LogP contribution in [0.4, 0.5) is 65.9 Å². The molecule has 1 aromatic carbocycles. The molecule has 0 spiro atoms. The van der Waals surface area contributed by atoms with Gasteiger partial charge >= 0.3 is 42.5 Å². The Bertz CT molecular complexity index is 1380. The van der Waals surface area contributed by atoms with Gasteiger partial charge in [0.05, 0.1) is 6.61 Å². The predicted molar refractivity (Wildman–Crippen MR) is 157 cm³/mol. The SMILES string of the molecule is CCCCCCCCc1cc(-c2ncccn2)ccc1OCCCCCCOCC(F)(F)OC(F)(F)C(F)(F)OC(F)(F)C(F)(F)C(F)(F)C(F)(F)F. The molecule has 2 aromatic rings. The lowest BCUT2D eigenvalue weighted by molar-refractivity contribution is -0.543. The van der Waals surface area contributed by atoms with Crippen LogP contribution in [0.2, 0.25) is 0 Å². The summed E-state index contributed by atoms with van der Waals surface area (Å²) in [7, 11) is 0. The first-order valence-electron chi connectivity index (χ1n) is 16.3. The number of aryl methyl sites for hydroxylation is 1. The minimum atomic E-state index is -7.91. The third kappa shape index (κ3) is 13.0. The van der Waals surface area contributed by atoms with Gasteiger partial charge < -0.3 is 9.47 Å². The average Bonchev–Trinajstić information content (AvgIpc) is 3.04. The molecule has 0 aliphatic heterocycles. The zero-order valence-electron chi connectivity index (χ0n) is 28.1. The largest absolute Gasteiger partial charge is 0.493 e. The van der Waals surface area contributed by atoms with Crippen molar-refractivity contribution in [3.63, 3.8) is 0 Å².